The molecule has 1 aromatic heterocycles. The number of nitrogens with zero attached hydrogens (tertiary/aromatic N) is 3. The van der Waals surface area contributed by atoms with Gasteiger partial charge in [0.25, 0.3) is 0 Å². The van der Waals surface area contributed by atoms with Gasteiger partial charge in [-0.15, -0.1) is 10.2 Å². The van der Waals surface area contributed by atoms with Crippen molar-refractivity contribution < 1.29 is 9.59 Å². The summed E-state index contributed by atoms with van der Waals surface area (Å²) in [5.74, 6) is 1.05. The van der Waals surface area contributed by atoms with Gasteiger partial charge in [-0.2, -0.15) is 0 Å². The molecule has 0 fully saturated rings. The Morgan fingerprint density at radius 3 is 2.41 bits per heavy atom. The second-order valence-corrected chi connectivity index (χ2v) is 7.39. The van der Waals surface area contributed by atoms with Crippen LogP contribution in [0.15, 0.2) is 78.9 Å². The van der Waals surface area contributed by atoms with Gasteiger partial charge in [0.2, 0.25) is 0 Å². The predicted octanol–water partition coefficient (Wildman–Crippen LogP) is 4.44. The third-order valence-electron chi connectivity index (χ3n) is 5.00. The van der Waals surface area contributed by atoms with Gasteiger partial charge in [0.1, 0.15) is 5.82 Å². The summed E-state index contributed by atoms with van der Waals surface area (Å²) in [6, 6.07) is 23.6. The number of carbonyl (C=O) groups is 2. The fourth-order valence-corrected chi connectivity index (χ4v) is 3.50. The lowest BCUT2D eigenvalue weighted by Gasteiger charge is -2.14. The summed E-state index contributed by atoms with van der Waals surface area (Å²) in [7, 11) is 0. The maximum absolute atomic E-state index is 13.1. The molecule has 4 rings (SSSR count). The molecular weight excluding hydrogens is 402 g/mol. The average Bonchev–Trinajstić information content (AvgIpc) is 3.18. The molecule has 1 heterocycles. The fourth-order valence-electron chi connectivity index (χ4n) is 3.50. The van der Waals surface area contributed by atoms with Gasteiger partial charge < -0.3 is 10.6 Å². The highest BCUT2D eigenvalue weighted by molar-refractivity contribution is 6.11. The first kappa shape index (κ1) is 21.0. The minimum absolute atomic E-state index is 0.0922. The van der Waals surface area contributed by atoms with Crippen molar-refractivity contribution in [1.82, 2.24) is 20.1 Å². The van der Waals surface area contributed by atoms with Crippen molar-refractivity contribution in [2.75, 3.05) is 5.32 Å². The number of aryl methyl sites for hydroxylation is 2. The lowest BCUT2D eigenvalue weighted by atomic mass is 10.0. The molecule has 0 bridgehead atoms. The van der Waals surface area contributed by atoms with E-state index in [9.17, 15) is 9.59 Å². The Bertz CT molecular complexity index is 1260. The zero-order chi connectivity index (χ0) is 22.5. The number of anilines is 1. The molecule has 2 amide bonds. The van der Waals surface area contributed by atoms with Crippen LogP contribution in [-0.2, 0) is 6.54 Å². The van der Waals surface area contributed by atoms with Crippen molar-refractivity contribution >= 4 is 17.5 Å². The molecule has 0 spiro atoms. The van der Waals surface area contributed by atoms with Crippen LogP contribution in [0.3, 0.4) is 0 Å². The molecule has 160 valence electrons. The van der Waals surface area contributed by atoms with Gasteiger partial charge in [-0.05, 0) is 43.7 Å². The minimum Gasteiger partial charge on any atom is -0.331 e. The van der Waals surface area contributed by atoms with Crippen LogP contribution >= 0.6 is 0 Å². The first-order valence-corrected chi connectivity index (χ1v) is 10.2. The lowest BCUT2D eigenvalue weighted by Crippen LogP contribution is -2.29. The van der Waals surface area contributed by atoms with Crippen molar-refractivity contribution in [2.24, 2.45) is 0 Å². The molecular formula is C25H23N5O2. The molecule has 2 N–H and O–H groups in total. The third kappa shape index (κ3) is 4.57. The first-order valence-electron chi connectivity index (χ1n) is 10.2. The summed E-state index contributed by atoms with van der Waals surface area (Å²) >= 11 is 0. The Hall–Kier alpha value is -4.26. The van der Waals surface area contributed by atoms with Crippen LogP contribution in [0, 0.1) is 13.8 Å². The Labute approximate surface area is 186 Å². The molecule has 0 aliphatic rings. The largest absolute Gasteiger partial charge is 0.331 e. The van der Waals surface area contributed by atoms with Crippen molar-refractivity contribution in [3.63, 3.8) is 0 Å². The SMILES string of the molecule is Cc1cccc(NC(=O)NCc2nnc(C)n2-c2ccccc2C(=O)c2ccccc2)c1. The molecule has 0 saturated heterocycles. The van der Waals surface area contributed by atoms with Crippen molar-refractivity contribution in [3.05, 3.63) is 107 Å². The van der Waals surface area contributed by atoms with Crippen LogP contribution in [0.4, 0.5) is 10.5 Å². The molecule has 0 saturated carbocycles. The van der Waals surface area contributed by atoms with E-state index in [0.29, 0.717) is 34.2 Å². The molecule has 4 aromatic rings. The third-order valence-corrected chi connectivity index (χ3v) is 5.00. The second-order valence-electron chi connectivity index (χ2n) is 7.39. The van der Waals surface area contributed by atoms with Gasteiger partial charge >= 0.3 is 6.03 Å². The van der Waals surface area contributed by atoms with E-state index in [1.54, 1.807) is 22.8 Å². The summed E-state index contributed by atoms with van der Waals surface area (Å²) in [5.41, 5.74) is 3.56. The number of hydrogen-bond acceptors (Lipinski definition) is 4. The standard InChI is InChI=1S/C25H23N5O2/c1-17-9-8-12-20(15-17)27-25(32)26-16-23-29-28-18(2)30(23)22-14-7-6-13-21(22)24(31)19-10-4-3-5-11-19/h3-15H,16H2,1-2H3,(H2,26,27,32). The highest BCUT2D eigenvalue weighted by Gasteiger charge is 2.19. The minimum atomic E-state index is -0.351. The topological polar surface area (TPSA) is 88.9 Å². The van der Waals surface area contributed by atoms with Gasteiger partial charge in [0, 0.05) is 16.8 Å². The van der Waals surface area contributed by atoms with E-state index in [1.165, 1.54) is 0 Å². The quantitative estimate of drug-likeness (QED) is 0.447. The Balaban J connectivity index is 1.57. The van der Waals surface area contributed by atoms with Crippen LogP contribution in [-0.4, -0.2) is 26.6 Å². The highest BCUT2D eigenvalue weighted by atomic mass is 16.2. The van der Waals surface area contributed by atoms with Gasteiger partial charge in [-0.3, -0.25) is 9.36 Å². The number of aromatic nitrogens is 3. The monoisotopic (exact) mass is 425 g/mol. The van der Waals surface area contributed by atoms with E-state index >= 15 is 0 Å². The lowest BCUT2D eigenvalue weighted by molar-refractivity contribution is 0.103. The van der Waals surface area contributed by atoms with Crippen LogP contribution in [0.1, 0.15) is 33.1 Å². The Morgan fingerprint density at radius 2 is 1.62 bits per heavy atom. The Morgan fingerprint density at radius 1 is 0.875 bits per heavy atom. The summed E-state index contributed by atoms with van der Waals surface area (Å²) in [6.45, 7) is 3.92. The summed E-state index contributed by atoms with van der Waals surface area (Å²) in [6.07, 6.45) is 0. The number of rotatable bonds is 6. The van der Waals surface area contributed by atoms with E-state index in [4.69, 9.17) is 0 Å². The number of ketones is 1. The van der Waals surface area contributed by atoms with Crippen LogP contribution in [0.5, 0.6) is 0 Å². The van der Waals surface area contributed by atoms with Crippen molar-refractivity contribution in [2.45, 2.75) is 20.4 Å². The number of carbonyl (C=O) groups excluding carboxylic acids is 2. The maximum atomic E-state index is 13.1. The smallest absolute Gasteiger partial charge is 0.319 e. The predicted molar refractivity (Wildman–Crippen MR) is 123 cm³/mol. The van der Waals surface area contributed by atoms with Crippen LogP contribution in [0.25, 0.3) is 5.69 Å². The van der Waals surface area contributed by atoms with E-state index in [0.717, 1.165) is 5.56 Å². The number of para-hydroxylation sites is 1. The molecule has 0 unspecified atom stereocenters. The average molecular weight is 425 g/mol. The summed E-state index contributed by atoms with van der Waals surface area (Å²) < 4.78 is 1.79. The number of benzene rings is 3. The number of amides is 2. The van der Waals surface area contributed by atoms with Crippen molar-refractivity contribution in [3.8, 4) is 5.69 Å². The number of urea groups is 1. The van der Waals surface area contributed by atoms with Gasteiger partial charge in [0.05, 0.1) is 12.2 Å². The second kappa shape index (κ2) is 9.26. The van der Waals surface area contributed by atoms with E-state index in [1.807, 2.05) is 74.5 Å². The molecule has 0 aliphatic carbocycles. The van der Waals surface area contributed by atoms with E-state index < -0.39 is 0 Å². The zero-order valence-corrected chi connectivity index (χ0v) is 17.9. The van der Waals surface area contributed by atoms with Crippen LogP contribution in [0.2, 0.25) is 0 Å². The molecule has 0 aliphatic heterocycles. The van der Waals surface area contributed by atoms with E-state index in [-0.39, 0.29) is 18.4 Å². The molecule has 32 heavy (non-hydrogen) atoms. The normalized spacial score (nSPS) is 10.6. The fraction of sp³-hybridized carbons (Fsp3) is 0.120. The number of nitrogens with one attached hydrogen (secondary N) is 2. The maximum Gasteiger partial charge on any atom is 0.319 e. The van der Waals surface area contributed by atoms with Gasteiger partial charge in [-0.1, -0.05) is 54.6 Å². The zero-order valence-electron chi connectivity index (χ0n) is 17.9. The molecule has 7 heteroatoms. The summed E-state index contributed by atoms with van der Waals surface area (Å²) in [4.78, 5) is 25.5. The Kier molecular flexibility index (Phi) is 6.07. The van der Waals surface area contributed by atoms with Crippen molar-refractivity contribution in [1.29, 1.82) is 0 Å². The highest BCUT2D eigenvalue weighted by Crippen LogP contribution is 2.21. The van der Waals surface area contributed by atoms with Gasteiger partial charge in [-0.25, -0.2) is 4.79 Å². The van der Waals surface area contributed by atoms with Crippen LogP contribution < -0.4 is 10.6 Å². The molecule has 3 aromatic carbocycles. The molecule has 0 atom stereocenters. The van der Waals surface area contributed by atoms with Gasteiger partial charge in [0.15, 0.2) is 11.6 Å². The first-order chi connectivity index (χ1) is 15.5. The molecule has 0 radical (unpaired) electrons. The number of hydrogen-bond donors (Lipinski definition) is 2. The summed E-state index contributed by atoms with van der Waals surface area (Å²) in [5, 5.41) is 14.0. The van der Waals surface area contributed by atoms with E-state index in [2.05, 4.69) is 20.8 Å². The molecule has 7 nitrogen and oxygen atoms in total.